The van der Waals surface area contributed by atoms with Gasteiger partial charge in [0, 0.05) is 19.7 Å². The average molecular weight is 391 g/mol. The molecule has 27 heavy (non-hydrogen) atoms. The fourth-order valence-electron chi connectivity index (χ4n) is 2.92. The van der Waals surface area contributed by atoms with Gasteiger partial charge in [-0.3, -0.25) is 0 Å². The number of carbonyl (C=O) groups is 1. The van der Waals surface area contributed by atoms with Gasteiger partial charge < -0.3 is 10.2 Å². The van der Waals surface area contributed by atoms with Crippen LogP contribution in [0, 0.1) is 6.92 Å². The molecule has 0 aromatic heterocycles. The fraction of sp³-hybridized carbons (Fsp3) is 0.350. The second kappa shape index (κ2) is 6.98. The van der Waals surface area contributed by atoms with E-state index in [0.717, 1.165) is 4.31 Å². The molecule has 0 radical (unpaired) electrons. The Morgan fingerprint density at radius 3 is 2.00 bits per heavy atom. The van der Waals surface area contributed by atoms with Crippen molar-refractivity contribution in [2.75, 3.05) is 14.1 Å². The number of aromatic carboxylic acids is 1. The van der Waals surface area contributed by atoms with Crippen molar-refractivity contribution >= 4 is 16.0 Å². The minimum Gasteiger partial charge on any atom is -0.507 e. The summed E-state index contributed by atoms with van der Waals surface area (Å²) in [6.07, 6.45) is 0. The smallest absolute Gasteiger partial charge is 0.339 e. The maximum Gasteiger partial charge on any atom is 0.339 e. The molecule has 0 amide bonds. The number of sulfonamides is 1. The van der Waals surface area contributed by atoms with Crippen molar-refractivity contribution in [1.82, 2.24) is 4.31 Å². The van der Waals surface area contributed by atoms with Crippen LogP contribution in [0.3, 0.4) is 0 Å². The Labute approximate surface area is 160 Å². The zero-order chi connectivity index (χ0) is 20.7. The van der Waals surface area contributed by atoms with Gasteiger partial charge in [0.05, 0.1) is 4.90 Å². The van der Waals surface area contributed by atoms with Gasteiger partial charge in [0.15, 0.2) is 0 Å². The highest BCUT2D eigenvalue weighted by Gasteiger charge is 2.27. The van der Waals surface area contributed by atoms with Crippen LogP contribution in [-0.2, 0) is 15.4 Å². The lowest BCUT2D eigenvalue weighted by Crippen LogP contribution is -2.22. The van der Waals surface area contributed by atoms with E-state index in [1.165, 1.54) is 26.2 Å². The van der Waals surface area contributed by atoms with Crippen molar-refractivity contribution in [3.05, 3.63) is 47.0 Å². The minimum atomic E-state index is -3.55. The molecule has 7 heteroatoms. The highest BCUT2D eigenvalue weighted by Crippen LogP contribution is 2.40. The van der Waals surface area contributed by atoms with Crippen molar-refractivity contribution in [3.8, 4) is 16.9 Å². The summed E-state index contributed by atoms with van der Waals surface area (Å²) < 4.78 is 25.6. The monoisotopic (exact) mass is 391 g/mol. The number of nitrogens with zero attached hydrogens (tertiary/aromatic N) is 1. The van der Waals surface area contributed by atoms with E-state index in [4.69, 9.17) is 0 Å². The van der Waals surface area contributed by atoms with Crippen LogP contribution in [0.2, 0.25) is 0 Å². The highest BCUT2D eigenvalue weighted by atomic mass is 32.2. The number of rotatable bonds is 4. The van der Waals surface area contributed by atoms with E-state index in [1.54, 1.807) is 25.1 Å². The molecule has 0 aliphatic rings. The van der Waals surface area contributed by atoms with Crippen molar-refractivity contribution in [2.45, 2.75) is 38.0 Å². The molecule has 0 heterocycles. The Bertz CT molecular complexity index is 985. The van der Waals surface area contributed by atoms with Crippen molar-refractivity contribution < 1.29 is 23.4 Å². The van der Waals surface area contributed by atoms with Gasteiger partial charge in [0.1, 0.15) is 11.3 Å². The van der Waals surface area contributed by atoms with Crippen LogP contribution in [0.4, 0.5) is 0 Å². The van der Waals surface area contributed by atoms with Crippen molar-refractivity contribution in [1.29, 1.82) is 0 Å². The first-order valence-electron chi connectivity index (χ1n) is 8.41. The first-order valence-corrected chi connectivity index (χ1v) is 9.85. The topological polar surface area (TPSA) is 94.9 Å². The third-order valence-electron chi connectivity index (χ3n) is 4.53. The Morgan fingerprint density at radius 2 is 1.59 bits per heavy atom. The molecule has 0 unspecified atom stereocenters. The molecule has 146 valence electrons. The normalized spacial score (nSPS) is 12.4. The van der Waals surface area contributed by atoms with E-state index in [9.17, 15) is 23.4 Å². The lowest BCUT2D eigenvalue weighted by atomic mass is 9.81. The van der Waals surface area contributed by atoms with E-state index in [-0.39, 0.29) is 16.2 Å². The SMILES string of the molecule is Cc1c(-c2ccc(S(=O)(=O)N(C)C)cc2)cc(C(C)(C)C)c(O)c1C(=O)O. The van der Waals surface area contributed by atoms with Gasteiger partial charge in [-0.15, -0.1) is 0 Å². The number of benzene rings is 2. The van der Waals surface area contributed by atoms with Gasteiger partial charge in [-0.2, -0.15) is 0 Å². The van der Waals surface area contributed by atoms with Crippen molar-refractivity contribution in [3.63, 3.8) is 0 Å². The standard InChI is InChI=1S/C20H25NO5S/c1-12-15(11-16(20(2,3)4)18(22)17(12)19(23)24)13-7-9-14(10-8-13)27(25,26)21(5)6/h7-11,22H,1-6H3,(H,23,24). The molecule has 2 rings (SSSR count). The fourth-order valence-corrected chi connectivity index (χ4v) is 3.82. The Balaban J connectivity index is 2.72. The molecule has 0 bridgehead atoms. The maximum atomic E-state index is 12.2. The van der Waals surface area contributed by atoms with Gasteiger partial charge in [0.2, 0.25) is 10.0 Å². The van der Waals surface area contributed by atoms with E-state index in [2.05, 4.69) is 0 Å². The summed E-state index contributed by atoms with van der Waals surface area (Å²) in [4.78, 5) is 11.9. The number of carboxylic acid groups (broad SMARTS) is 1. The van der Waals surface area contributed by atoms with Crippen LogP contribution in [0.1, 0.15) is 42.3 Å². The summed E-state index contributed by atoms with van der Waals surface area (Å²) >= 11 is 0. The largest absolute Gasteiger partial charge is 0.507 e. The third-order valence-corrected chi connectivity index (χ3v) is 6.35. The number of aromatic hydroxyl groups is 1. The molecule has 0 aliphatic carbocycles. The van der Waals surface area contributed by atoms with Crippen molar-refractivity contribution in [2.24, 2.45) is 0 Å². The van der Waals surface area contributed by atoms with Gasteiger partial charge in [-0.05, 0) is 47.2 Å². The Hall–Kier alpha value is -2.38. The van der Waals surface area contributed by atoms with E-state index < -0.39 is 21.4 Å². The van der Waals surface area contributed by atoms with E-state index in [1.807, 2.05) is 20.8 Å². The molecular weight excluding hydrogens is 366 g/mol. The van der Waals surface area contributed by atoms with Crippen LogP contribution in [0.15, 0.2) is 35.2 Å². The molecule has 2 N–H and O–H groups in total. The molecule has 6 nitrogen and oxygen atoms in total. The molecule has 0 fully saturated rings. The van der Waals surface area contributed by atoms with E-state index >= 15 is 0 Å². The lowest BCUT2D eigenvalue weighted by molar-refractivity contribution is 0.0692. The Kier molecular flexibility index (Phi) is 5.41. The third kappa shape index (κ3) is 3.84. The first kappa shape index (κ1) is 20.9. The summed E-state index contributed by atoms with van der Waals surface area (Å²) in [5.41, 5.74) is 1.66. The molecule has 0 saturated carbocycles. The number of hydrogen-bond acceptors (Lipinski definition) is 4. The lowest BCUT2D eigenvalue weighted by Gasteiger charge is -2.24. The van der Waals surface area contributed by atoms with E-state index in [0.29, 0.717) is 22.3 Å². The number of carboxylic acids is 1. The molecule has 2 aromatic rings. The zero-order valence-corrected chi connectivity index (χ0v) is 17.2. The van der Waals surface area contributed by atoms with Crippen LogP contribution < -0.4 is 0 Å². The van der Waals surface area contributed by atoms with Crippen LogP contribution in [0.25, 0.3) is 11.1 Å². The predicted molar refractivity (Wildman–Crippen MR) is 105 cm³/mol. The summed E-state index contributed by atoms with van der Waals surface area (Å²) in [5.74, 6) is -1.44. The van der Waals surface area contributed by atoms with Crippen LogP contribution in [0.5, 0.6) is 5.75 Å². The predicted octanol–water partition coefficient (Wildman–Crippen LogP) is 3.61. The summed E-state index contributed by atoms with van der Waals surface area (Å²) in [5, 5.41) is 20.1. The maximum absolute atomic E-state index is 12.2. The van der Waals surface area contributed by atoms with Crippen LogP contribution >= 0.6 is 0 Å². The van der Waals surface area contributed by atoms with Crippen LogP contribution in [-0.4, -0.2) is 43.0 Å². The Morgan fingerprint density at radius 1 is 1.07 bits per heavy atom. The second-order valence-corrected chi connectivity index (χ2v) is 9.84. The minimum absolute atomic E-state index is 0.137. The summed E-state index contributed by atoms with van der Waals surface area (Å²) in [6, 6.07) is 8.05. The highest BCUT2D eigenvalue weighted by molar-refractivity contribution is 7.89. The molecule has 0 spiro atoms. The summed E-state index contributed by atoms with van der Waals surface area (Å²) in [6.45, 7) is 7.30. The second-order valence-electron chi connectivity index (χ2n) is 7.69. The molecule has 0 saturated heterocycles. The zero-order valence-electron chi connectivity index (χ0n) is 16.4. The number of phenols is 1. The molecule has 2 aromatic carbocycles. The first-order chi connectivity index (χ1) is 12.3. The summed E-state index contributed by atoms with van der Waals surface area (Å²) in [7, 11) is -0.626. The quantitative estimate of drug-likeness (QED) is 0.830. The molecule has 0 atom stereocenters. The molecule has 0 aliphatic heterocycles. The number of hydrogen-bond donors (Lipinski definition) is 2. The van der Waals surface area contributed by atoms with Gasteiger partial charge in [-0.25, -0.2) is 17.5 Å². The van der Waals surface area contributed by atoms with Gasteiger partial charge >= 0.3 is 5.97 Å². The van der Waals surface area contributed by atoms with Gasteiger partial charge in [-0.1, -0.05) is 32.9 Å². The molecular formula is C20H25NO5S. The van der Waals surface area contributed by atoms with Gasteiger partial charge in [0.25, 0.3) is 0 Å². The average Bonchev–Trinajstić information content (AvgIpc) is 2.53.